The summed E-state index contributed by atoms with van der Waals surface area (Å²) >= 11 is 5.07. The van der Waals surface area contributed by atoms with Gasteiger partial charge in [0.1, 0.15) is 5.01 Å². The predicted molar refractivity (Wildman–Crippen MR) is 97.6 cm³/mol. The van der Waals surface area contributed by atoms with Crippen molar-refractivity contribution >= 4 is 33.2 Å². The van der Waals surface area contributed by atoms with E-state index in [4.69, 9.17) is 0 Å². The van der Waals surface area contributed by atoms with Crippen molar-refractivity contribution in [1.82, 2.24) is 15.2 Å². The van der Waals surface area contributed by atoms with E-state index in [9.17, 15) is 4.79 Å². The number of aromatic nitrogens is 1. The number of nitrogens with one attached hydrogen (secondary N) is 1. The third-order valence-corrected chi connectivity index (χ3v) is 5.74. The van der Waals surface area contributed by atoms with E-state index < -0.39 is 0 Å². The molecule has 0 spiro atoms. The highest BCUT2D eigenvalue weighted by atomic mass is 79.9. The van der Waals surface area contributed by atoms with Gasteiger partial charge in [0.2, 0.25) is 5.91 Å². The second-order valence-corrected chi connectivity index (χ2v) is 7.68. The maximum atomic E-state index is 12.6. The fourth-order valence-electron chi connectivity index (χ4n) is 2.81. The van der Waals surface area contributed by atoms with E-state index in [1.54, 1.807) is 11.3 Å². The van der Waals surface area contributed by atoms with Gasteiger partial charge in [-0.25, -0.2) is 4.98 Å². The van der Waals surface area contributed by atoms with E-state index >= 15 is 0 Å². The molecule has 6 heteroatoms. The molecule has 1 fully saturated rings. The summed E-state index contributed by atoms with van der Waals surface area (Å²) < 4.78 is 1.03. The zero-order valence-corrected chi connectivity index (χ0v) is 15.7. The van der Waals surface area contributed by atoms with Crippen molar-refractivity contribution < 1.29 is 4.79 Å². The van der Waals surface area contributed by atoms with Gasteiger partial charge >= 0.3 is 0 Å². The number of hydrogen-bond acceptors (Lipinski definition) is 4. The lowest BCUT2D eigenvalue weighted by atomic mass is 10.1. The molecule has 1 N–H and O–H groups in total. The molecule has 2 heterocycles. The number of rotatable bonds is 3. The molecule has 4 nitrogen and oxygen atoms in total. The normalized spacial score (nSPS) is 21.4. The molecular formula is C17H20BrN3OS. The van der Waals surface area contributed by atoms with Crippen LogP contribution in [0.2, 0.25) is 0 Å². The topological polar surface area (TPSA) is 45.2 Å². The minimum Gasteiger partial charge on any atom is -0.337 e. The Morgan fingerprint density at radius 3 is 3.09 bits per heavy atom. The first-order valence-electron chi connectivity index (χ1n) is 7.78. The highest BCUT2D eigenvalue weighted by Crippen LogP contribution is 2.26. The second-order valence-electron chi connectivity index (χ2n) is 5.90. The summed E-state index contributed by atoms with van der Waals surface area (Å²) in [6.45, 7) is 5.85. The number of carbonyl (C=O) groups is 1. The van der Waals surface area contributed by atoms with Crippen LogP contribution in [0, 0.1) is 0 Å². The zero-order chi connectivity index (χ0) is 16.4. The van der Waals surface area contributed by atoms with Gasteiger partial charge in [-0.15, -0.1) is 11.3 Å². The number of thiazole rings is 1. The molecule has 122 valence electrons. The molecule has 1 aromatic heterocycles. The van der Waals surface area contributed by atoms with Crippen LogP contribution in [0.4, 0.5) is 0 Å². The molecule has 0 bridgehead atoms. The lowest BCUT2D eigenvalue weighted by Crippen LogP contribution is -2.57. The SMILES string of the molecule is CC1NCCN(C(=O)Cc2csc(-c3cccc(Br)c3)n2)C1C. The van der Waals surface area contributed by atoms with Gasteiger partial charge in [-0.1, -0.05) is 28.1 Å². The third kappa shape index (κ3) is 3.82. The molecule has 3 rings (SSSR count). The maximum absolute atomic E-state index is 12.6. The van der Waals surface area contributed by atoms with E-state index in [2.05, 4.69) is 40.1 Å². The van der Waals surface area contributed by atoms with Gasteiger partial charge in [0.05, 0.1) is 12.1 Å². The monoisotopic (exact) mass is 393 g/mol. The Bertz CT molecular complexity index is 703. The third-order valence-electron chi connectivity index (χ3n) is 4.31. The van der Waals surface area contributed by atoms with Crippen LogP contribution in [0.15, 0.2) is 34.1 Å². The molecule has 1 aliphatic heterocycles. The Morgan fingerprint density at radius 1 is 1.48 bits per heavy atom. The van der Waals surface area contributed by atoms with E-state index in [-0.39, 0.29) is 11.9 Å². The molecular weight excluding hydrogens is 374 g/mol. The quantitative estimate of drug-likeness (QED) is 0.869. The van der Waals surface area contributed by atoms with Gasteiger partial charge in [0, 0.05) is 40.6 Å². The van der Waals surface area contributed by atoms with E-state index in [1.165, 1.54) is 0 Å². The summed E-state index contributed by atoms with van der Waals surface area (Å²) in [6, 6.07) is 8.63. The zero-order valence-electron chi connectivity index (χ0n) is 13.3. The van der Waals surface area contributed by atoms with Crippen molar-refractivity contribution in [2.75, 3.05) is 13.1 Å². The number of nitrogens with zero attached hydrogens (tertiary/aromatic N) is 2. The molecule has 1 aliphatic rings. The molecule has 1 aromatic carbocycles. The van der Waals surface area contributed by atoms with Gasteiger partial charge < -0.3 is 10.2 Å². The molecule has 1 amide bonds. The molecule has 2 atom stereocenters. The van der Waals surface area contributed by atoms with Crippen LogP contribution in [-0.2, 0) is 11.2 Å². The second kappa shape index (κ2) is 7.11. The maximum Gasteiger partial charge on any atom is 0.228 e. The van der Waals surface area contributed by atoms with Gasteiger partial charge in [0.15, 0.2) is 0 Å². The van der Waals surface area contributed by atoms with Crippen LogP contribution in [0.25, 0.3) is 10.6 Å². The first kappa shape index (κ1) is 16.6. The fraction of sp³-hybridized carbons (Fsp3) is 0.412. The van der Waals surface area contributed by atoms with Crippen LogP contribution < -0.4 is 5.32 Å². The summed E-state index contributed by atoms with van der Waals surface area (Å²) in [4.78, 5) is 19.2. The summed E-state index contributed by atoms with van der Waals surface area (Å²) in [7, 11) is 0. The van der Waals surface area contributed by atoms with Crippen LogP contribution >= 0.6 is 27.3 Å². The Hall–Kier alpha value is -1.24. The average Bonchev–Trinajstić information content (AvgIpc) is 2.98. The number of hydrogen-bond donors (Lipinski definition) is 1. The number of benzene rings is 1. The van der Waals surface area contributed by atoms with E-state index in [0.717, 1.165) is 33.8 Å². The highest BCUT2D eigenvalue weighted by molar-refractivity contribution is 9.10. The van der Waals surface area contributed by atoms with E-state index in [1.807, 2.05) is 34.5 Å². The van der Waals surface area contributed by atoms with Gasteiger partial charge in [-0.3, -0.25) is 4.79 Å². The predicted octanol–water partition coefficient (Wildman–Crippen LogP) is 3.32. The average molecular weight is 394 g/mol. The molecule has 23 heavy (non-hydrogen) atoms. The van der Waals surface area contributed by atoms with Crippen molar-refractivity contribution in [3.8, 4) is 10.6 Å². The van der Waals surface area contributed by atoms with Gasteiger partial charge in [-0.05, 0) is 26.0 Å². The Balaban J connectivity index is 1.70. The first-order chi connectivity index (χ1) is 11.0. The van der Waals surface area contributed by atoms with E-state index in [0.29, 0.717) is 12.5 Å². The lowest BCUT2D eigenvalue weighted by Gasteiger charge is -2.38. The molecule has 0 aliphatic carbocycles. The minimum absolute atomic E-state index is 0.164. The molecule has 2 unspecified atom stereocenters. The van der Waals surface area contributed by atoms with Crippen LogP contribution in [0.1, 0.15) is 19.5 Å². The minimum atomic E-state index is 0.164. The Kier molecular flexibility index (Phi) is 5.14. The first-order valence-corrected chi connectivity index (χ1v) is 9.45. The van der Waals surface area contributed by atoms with Gasteiger partial charge in [-0.2, -0.15) is 0 Å². The van der Waals surface area contributed by atoms with Crippen molar-refractivity contribution in [1.29, 1.82) is 0 Å². The summed E-state index contributed by atoms with van der Waals surface area (Å²) in [5.41, 5.74) is 1.93. The van der Waals surface area contributed by atoms with Crippen LogP contribution in [-0.4, -0.2) is 41.0 Å². The number of halogens is 1. The van der Waals surface area contributed by atoms with Crippen molar-refractivity contribution in [2.45, 2.75) is 32.4 Å². The smallest absolute Gasteiger partial charge is 0.228 e. The Morgan fingerprint density at radius 2 is 2.30 bits per heavy atom. The molecule has 1 saturated heterocycles. The van der Waals surface area contributed by atoms with Crippen molar-refractivity contribution in [3.05, 3.63) is 39.8 Å². The van der Waals surface area contributed by atoms with Crippen LogP contribution in [0.3, 0.4) is 0 Å². The van der Waals surface area contributed by atoms with Crippen molar-refractivity contribution in [2.24, 2.45) is 0 Å². The molecule has 2 aromatic rings. The summed E-state index contributed by atoms with van der Waals surface area (Å²) in [5, 5.41) is 6.34. The largest absolute Gasteiger partial charge is 0.337 e. The molecule has 0 saturated carbocycles. The molecule has 0 radical (unpaired) electrons. The summed E-state index contributed by atoms with van der Waals surface area (Å²) in [5.74, 6) is 0.164. The number of amides is 1. The highest BCUT2D eigenvalue weighted by Gasteiger charge is 2.28. The summed E-state index contributed by atoms with van der Waals surface area (Å²) in [6.07, 6.45) is 0.377. The lowest BCUT2D eigenvalue weighted by molar-refractivity contribution is -0.134. The van der Waals surface area contributed by atoms with Crippen LogP contribution in [0.5, 0.6) is 0 Å². The fourth-order valence-corrected chi connectivity index (χ4v) is 4.02. The number of carbonyl (C=O) groups excluding carboxylic acids is 1. The number of piperazine rings is 1. The standard InChI is InChI=1S/C17H20BrN3OS/c1-11-12(2)21(7-6-19-11)16(22)9-15-10-23-17(20-15)13-4-3-5-14(18)8-13/h3-5,8,10-12,19H,6-7,9H2,1-2H3. The van der Waals surface area contributed by atoms with Crippen molar-refractivity contribution in [3.63, 3.8) is 0 Å². The Labute approximate surface area is 149 Å². The van der Waals surface area contributed by atoms with Gasteiger partial charge in [0.25, 0.3) is 0 Å².